The molecule has 0 fully saturated rings. The van der Waals surface area contributed by atoms with E-state index in [0.29, 0.717) is 6.10 Å². The quantitative estimate of drug-likeness (QED) is 0.699. The van der Waals surface area contributed by atoms with Crippen molar-refractivity contribution in [2.45, 2.75) is 26.5 Å². The van der Waals surface area contributed by atoms with E-state index < -0.39 is 0 Å². The first-order chi connectivity index (χ1) is 6.79. The summed E-state index contributed by atoms with van der Waals surface area (Å²) in [5.74, 6) is 0. The molecule has 1 N–H and O–H groups in total. The minimum Gasteiger partial charge on any atom is -0.377 e. The van der Waals surface area contributed by atoms with Gasteiger partial charge in [-0.3, -0.25) is 0 Å². The van der Waals surface area contributed by atoms with E-state index in [4.69, 9.17) is 4.74 Å². The smallest absolute Gasteiger partial charge is 0.0594 e. The maximum Gasteiger partial charge on any atom is 0.0594 e. The molecular weight excluding hydrogens is 174 g/mol. The van der Waals surface area contributed by atoms with Gasteiger partial charge < -0.3 is 10.1 Å². The number of ether oxygens (including phenoxy) is 1. The van der Waals surface area contributed by atoms with Gasteiger partial charge in [0.2, 0.25) is 0 Å². The van der Waals surface area contributed by atoms with Crippen LogP contribution in [-0.2, 0) is 11.3 Å². The summed E-state index contributed by atoms with van der Waals surface area (Å²) in [6.45, 7) is 6.72. The number of nitrogens with one attached hydrogen (secondary N) is 1. The number of hydrogen-bond donors (Lipinski definition) is 1. The zero-order valence-electron chi connectivity index (χ0n) is 8.99. The van der Waals surface area contributed by atoms with Gasteiger partial charge in [0.1, 0.15) is 0 Å². The van der Waals surface area contributed by atoms with E-state index >= 15 is 0 Å². The topological polar surface area (TPSA) is 21.3 Å². The molecule has 0 aliphatic rings. The molecule has 0 aromatic heterocycles. The summed E-state index contributed by atoms with van der Waals surface area (Å²) in [7, 11) is 0. The Morgan fingerprint density at radius 2 is 1.93 bits per heavy atom. The Hall–Kier alpha value is -0.860. The van der Waals surface area contributed by atoms with Crippen LogP contribution in [0.25, 0.3) is 0 Å². The minimum atomic E-state index is 0.327. The van der Waals surface area contributed by atoms with Gasteiger partial charge in [-0.2, -0.15) is 0 Å². The highest BCUT2D eigenvalue weighted by molar-refractivity contribution is 5.14. The van der Waals surface area contributed by atoms with Gasteiger partial charge >= 0.3 is 0 Å². The fraction of sp³-hybridized carbons (Fsp3) is 0.500. The van der Waals surface area contributed by atoms with Crippen molar-refractivity contribution in [2.24, 2.45) is 0 Å². The number of hydrogen-bond acceptors (Lipinski definition) is 2. The molecule has 0 spiro atoms. The highest BCUT2D eigenvalue weighted by Gasteiger charge is 1.93. The van der Waals surface area contributed by atoms with Crippen molar-refractivity contribution in [2.75, 3.05) is 13.2 Å². The first-order valence-electron chi connectivity index (χ1n) is 5.15. The molecule has 78 valence electrons. The van der Waals surface area contributed by atoms with Crippen LogP contribution in [0.4, 0.5) is 0 Å². The molecule has 2 heteroatoms. The molecule has 2 nitrogen and oxygen atoms in total. The maximum atomic E-state index is 5.42. The largest absolute Gasteiger partial charge is 0.377 e. The lowest BCUT2D eigenvalue weighted by Crippen LogP contribution is -2.20. The average Bonchev–Trinajstić information content (AvgIpc) is 2.18. The van der Waals surface area contributed by atoms with Gasteiger partial charge in [0.05, 0.1) is 12.7 Å². The van der Waals surface area contributed by atoms with Crippen LogP contribution in [0.2, 0.25) is 0 Å². The summed E-state index contributed by atoms with van der Waals surface area (Å²) in [5.41, 5.74) is 1.32. The Kier molecular flexibility index (Phi) is 5.27. The van der Waals surface area contributed by atoms with E-state index in [-0.39, 0.29) is 0 Å². The molecule has 0 aliphatic heterocycles. The van der Waals surface area contributed by atoms with Gasteiger partial charge in [-0.05, 0) is 19.4 Å². The van der Waals surface area contributed by atoms with E-state index in [1.54, 1.807) is 0 Å². The summed E-state index contributed by atoms with van der Waals surface area (Å²) < 4.78 is 5.42. The molecule has 1 rings (SSSR count). The summed E-state index contributed by atoms with van der Waals surface area (Å²) in [6.07, 6.45) is 0.327. The molecule has 0 atom stereocenters. The Labute approximate surface area is 86.3 Å². The standard InChI is InChI=1S/C12H19NO/c1-11(2)14-9-8-13-10-12-6-4-3-5-7-12/h3-7,11,13H,8-10H2,1-2H3. The predicted molar refractivity (Wildman–Crippen MR) is 59.2 cm³/mol. The third-order valence-electron chi connectivity index (χ3n) is 1.90. The second kappa shape index (κ2) is 6.57. The molecule has 14 heavy (non-hydrogen) atoms. The van der Waals surface area contributed by atoms with E-state index in [1.807, 2.05) is 6.07 Å². The zero-order chi connectivity index (χ0) is 10.2. The van der Waals surface area contributed by atoms with Crippen molar-refractivity contribution >= 4 is 0 Å². The molecule has 0 unspecified atom stereocenters. The van der Waals surface area contributed by atoms with Crippen molar-refractivity contribution in [1.82, 2.24) is 5.32 Å². The Morgan fingerprint density at radius 3 is 2.57 bits per heavy atom. The zero-order valence-corrected chi connectivity index (χ0v) is 8.99. The Bertz CT molecular complexity index is 233. The summed E-state index contributed by atoms with van der Waals surface area (Å²) in [4.78, 5) is 0. The summed E-state index contributed by atoms with van der Waals surface area (Å²) >= 11 is 0. The predicted octanol–water partition coefficient (Wildman–Crippen LogP) is 2.20. The van der Waals surface area contributed by atoms with Crippen LogP contribution in [0.3, 0.4) is 0 Å². The second-order valence-corrected chi connectivity index (χ2v) is 3.58. The van der Waals surface area contributed by atoms with Crippen molar-refractivity contribution in [3.8, 4) is 0 Å². The van der Waals surface area contributed by atoms with Gasteiger partial charge in [0.25, 0.3) is 0 Å². The van der Waals surface area contributed by atoms with Crippen molar-refractivity contribution < 1.29 is 4.74 Å². The van der Waals surface area contributed by atoms with E-state index in [0.717, 1.165) is 19.7 Å². The van der Waals surface area contributed by atoms with E-state index in [1.165, 1.54) is 5.56 Å². The first kappa shape index (κ1) is 11.2. The number of rotatable bonds is 6. The lowest BCUT2D eigenvalue weighted by atomic mass is 10.2. The van der Waals surface area contributed by atoms with Crippen LogP contribution in [0.5, 0.6) is 0 Å². The molecule has 0 heterocycles. The second-order valence-electron chi connectivity index (χ2n) is 3.58. The third kappa shape index (κ3) is 5.00. The van der Waals surface area contributed by atoms with Gasteiger partial charge in [0, 0.05) is 13.1 Å². The van der Waals surface area contributed by atoms with Crippen molar-refractivity contribution in [3.05, 3.63) is 35.9 Å². The molecule has 0 radical (unpaired) electrons. The molecule has 0 amide bonds. The van der Waals surface area contributed by atoms with Crippen LogP contribution < -0.4 is 5.32 Å². The SMILES string of the molecule is CC(C)OCCNCc1ccccc1. The van der Waals surface area contributed by atoms with Gasteiger partial charge in [-0.1, -0.05) is 30.3 Å². The average molecular weight is 193 g/mol. The normalized spacial score (nSPS) is 10.8. The fourth-order valence-corrected chi connectivity index (χ4v) is 1.20. The van der Waals surface area contributed by atoms with Crippen LogP contribution in [0.15, 0.2) is 30.3 Å². The van der Waals surface area contributed by atoms with Crippen molar-refractivity contribution in [3.63, 3.8) is 0 Å². The number of benzene rings is 1. The highest BCUT2D eigenvalue weighted by atomic mass is 16.5. The van der Waals surface area contributed by atoms with Gasteiger partial charge in [0.15, 0.2) is 0 Å². The van der Waals surface area contributed by atoms with Crippen LogP contribution in [-0.4, -0.2) is 19.3 Å². The molecule has 0 bridgehead atoms. The lowest BCUT2D eigenvalue weighted by molar-refractivity contribution is 0.0807. The van der Waals surface area contributed by atoms with E-state index in [9.17, 15) is 0 Å². The third-order valence-corrected chi connectivity index (χ3v) is 1.90. The molecule has 0 saturated heterocycles. The fourth-order valence-electron chi connectivity index (χ4n) is 1.20. The van der Waals surface area contributed by atoms with Gasteiger partial charge in [-0.15, -0.1) is 0 Å². The molecule has 0 aliphatic carbocycles. The molecule has 1 aromatic rings. The van der Waals surface area contributed by atoms with E-state index in [2.05, 4.69) is 43.4 Å². The van der Waals surface area contributed by atoms with Gasteiger partial charge in [-0.25, -0.2) is 0 Å². The monoisotopic (exact) mass is 193 g/mol. The van der Waals surface area contributed by atoms with Crippen molar-refractivity contribution in [1.29, 1.82) is 0 Å². The van der Waals surface area contributed by atoms with Crippen LogP contribution in [0.1, 0.15) is 19.4 Å². The minimum absolute atomic E-state index is 0.327. The Balaban J connectivity index is 2.05. The molecule has 0 saturated carbocycles. The maximum absolute atomic E-state index is 5.42. The molecule has 1 aromatic carbocycles. The highest BCUT2D eigenvalue weighted by Crippen LogP contribution is 1.96. The Morgan fingerprint density at radius 1 is 1.21 bits per heavy atom. The summed E-state index contributed by atoms with van der Waals surface area (Å²) in [5, 5.41) is 3.33. The van der Waals surface area contributed by atoms with Crippen LogP contribution in [0, 0.1) is 0 Å². The summed E-state index contributed by atoms with van der Waals surface area (Å²) in [6, 6.07) is 10.4. The lowest BCUT2D eigenvalue weighted by Gasteiger charge is -2.08. The molecular formula is C12H19NO. The van der Waals surface area contributed by atoms with Crippen LogP contribution >= 0.6 is 0 Å². The first-order valence-corrected chi connectivity index (χ1v) is 5.15.